The number of benzene rings is 1. The fraction of sp³-hybridized carbons (Fsp3) is 0.333. The SMILES string of the molecule is O=C1CCC[C@H](C(=O)Nc2cc(Cl)c(F)c(Cl)c2)N1. The van der Waals surface area contributed by atoms with E-state index in [2.05, 4.69) is 10.6 Å². The first-order valence-electron chi connectivity index (χ1n) is 5.72. The molecule has 102 valence electrons. The molecule has 0 aromatic heterocycles. The molecule has 1 heterocycles. The summed E-state index contributed by atoms with van der Waals surface area (Å²) in [5, 5.41) is 4.80. The fourth-order valence-electron chi connectivity index (χ4n) is 1.86. The van der Waals surface area contributed by atoms with Gasteiger partial charge in [-0.25, -0.2) is 4.39 Å². The monoisotopic (exact) mass is 304 g/mol. The van der Waals surface area contributed by atoms with Gasteiger partial charge in [0.1, 0.15) is 6.04 Å². The zero-order valence-electron chi connectivity index (χ0n) is 9.80. The molecule has 1 aromatic carbocycles. The molecule has 0 saturated carbocycles. The van der Waals surface area contributed by atoms with Crippen LogP contribution < -0.4 is 10.6 Å². The summed E-state index contributed by atoms with van der Waals surface area (Å²) in [7, 11) is 0. The van der Waals surface area contributed by atoms with Gasteiger partial charge in [0.25, 0.3) is 0 Å². The van der Waals surface area contributed by atoms with Crippen molar-refractivity contribution in [2.75, 3.05) is 5.32 Å². The van der Waals surface area contributed by atoms with Gasteiger partial charge >= 0.3 is 0 Å². The highest BCUT2D eigenvalue weighted by molar-refractivity contribution is 6.35. The summed E-state index contributed by atoms with van der Waals surface area (Å²) in [6.45, 7) is 0. The highest BCUT2D eigenvalue weighted by atomic mass is 35.5. The van der Waals surface area contributed by atoms with Crippen LogP contribution in [0.2, 0.25) is 10.0 Å². The van der Waals surface area contributed by atoms with E-state index in [4.69, 9.17) is 23.2 Å². The van der Waals surface area contributed by atoms with E-state index in [0.29, 0.717) is 24.9 Å². The maximum atomic E-state index is 13.2. The summed E-state index contributed by atoms with van der Waals surface area (Å²) in [6.07, 6.45) is 1.66. The van der Waals surface area contributed by atoms with Gasteiger partial charge in [-0.15, -0.1) is 0 Å². The largest absolute Gasteiger partial charge is 0.344 e. The summed E-state index contributed by atoms with van der Waals surface area (Å²) >= 11 is 11.3. The Kier molecular flexibility index (Phi) is 4.27. The quantitative estimate of drug-likeness (QED) is 0.825. The third-order valence-electron chi connectivity index (χ3n) is 2.80. The minimum absolute atomic E-state index is 0.151. The molecule has 1 aliphatic rings. The molecule has 1 fully saturated rings. The maximum Gasteiger partial charge on any atom is 0.246 e. The number of nitrogens with one attached hydrogen (secondary N) is 2. The third kappa shape index (κ3) is 3.36. The molecular weight excluding hydrogens is 294 g/mol. The Hall–Kier alpha value is -1.33. The minimum Gasteiger partial charge on any atom is -0.344 e. The predicted octanol–water partition coefficient (Wildman–Crippen LogP) is 2.74. The Labute approximate surface area is 119 Å². The Bertz CT molecular complexity index is 513. The predicted molar refractivity (Wildman–Crippen MR) is 70.8 cm³/mol. The third-order valence-corrected chi connectivity index (χ3v) is 3.35. The van der Waals surface area contributed by atoms with Gasteiger partial charge in [0, 0.05) is 12.1 Å². The second kappa shape index (κ2) is 5.75. The van der Waals surface area contributed by atoms with Crippen LogP contribution in [0.5, 0.6) is 0 Å². The standard InChI is InChI=1S/C12H11Cl2FN2O2/c13-7-4-6(5-8(14)11(7)15)16-12(19)9-2-1-3-10(18)17-9/h4-5,9H,1-3H2,(H,16,19)(H,17,18)/t9-/m1/s1. The van der Waals surface area contributed by atoms with Crippen molar-refractivity contribution in [3.05, 3.63) is 28.0 Å². The van der Waals surface area contributed by atoms with Gasteiger partial charge in [-0.05, 0) is 25.0 Å². The van der Waals surface area contributed by atoms with Gasteiger partial charge in [0.2, 0.25) is 11.8 Å². The van der Waals surface area contributed by atoms with E-state index in [-0.39, 0.29) is 21.9 Å². The van der Waals surface area contributed by atoms with E-state index in [1.807, 2.05) is 0 Å². The Balaban J connectivity index is 2.08. The molecular formula is C12H11Cl2FN2O2. The van der Waals surface area contributed by atoms with Crippen molar-refractivity contribution < 1.29 is 14.0 Å². The lowest BCUT2D eigenvalue weighted by atomic mass is 10.0. The van der Waals surface area contributed by atoms with E-state index < -0.39 is 11.9 Å². The molecule has 1 atom stereocenters. The number of anilines is 1. The molecule has 1 aromatic rings. The van der Waals surface area contributed by atoms with Crippen LogP contribution >= 0.6 is 23.2 Å². The molecule has 19 heavy (non-hydrogen) atoms. The number of piperidine rings is 1. The summed E-state index contributed by atoms with van der Waals surface area (Å²) < 4.78 is 13.2. The normalized spacial score (nSPS) is 18.9. The topological polar surface area (TPSA) is 58.2 Å². The average Bonchev–Trinajstić information content (AvgIpc) is 2.36. The van der Waals surface area contributed by atoms with Crippen LogP contribution in [0, 0.1) is 5.82 Å². The number of carbonyl (C=O) groups is 2. The second-order valence-electron chi connectivity index (χ2n) is 4.26. The van der Waals surface area contributed by atoms with Crippen molar-refractivity contribution in [1.29, 1.82) is 0 Å². The molecule has 2 amide bonds. The maximum absolute atomic E-state index is 13.2. The number of rotatable bonds is 2. The van der Waals surface area contributed by atoms with Crippen LogP contribution in [-0.4, -0.2) is 17.9 Å². The number of hydrogen-bond donors (Lipinski definition) is 2. The first kappa shape index (κ1) is 14.1. The van der Waals surface area contributed by atoms with Crippen LogP contribution in [0.25, 0.3) is 0 Å². The molecule has 1 saturated heterocycles. The number of amides is 2. The summed E-state index contributed by atoms with van der Waals surface area (Å²) in [4.78, 5) is 23.1. The highest BCUT2D eigenvalue weighted by Gasteiger charge is 2.24. The number of hydrogen-bond acceptors (Lipinski definition) is 2. The van der Waals surface area contributed by atoms with Crippen molar-refractivity contribution in [2.45, 2.75) is 25.3 Å². The molecule has 0 radical (unpaired) electrons. The van der Waals surface area contributed by atoms with Crippen molar-refractivity contribution in [3.63, 3.8) is 0 Å². The van der Waals surface area contributed by atoms with E-state index in [9.17, 15) is 14.0 Å². The molecule has 2 rings (SSSR count). The van der Waals surface area contributed by atoms with Crippen molar-refractivity contribution in [1.82, 2.24) is 5.32 Å². The van der Waals surface area contributed by atoms with E-state index >= 15 is 0 Å². The molecule has 2 N–H and O–H groups in total. The summed E-state index contributed by atoms with van der Waals surface area (Å²) in [6, 6.07) is 1.96. The Morgan fingerprint density at radius 1 is 1.37 bits per heavy atom. The molecule has 0 unspecified atom stereocenters. The number of halogens is 3. The van der Waals surface area contributed by atoms with Gasteiger partial charge < -0.3 is 10.6 Å². The first-order chi connectivity index (χ1) is 8.97. The lowest BCUT2D eigenvalue weighted by Crippen LogP contribution is -2.46. The molecule has 4 nitrogen and oxygen atoms in total. The van der Waals surface area contributed by atoms with Gasteiger partial charge in [-0.3, -0.25) is 9.59 Å². The fourth-order valence-corrected chi connectivity index (χ4v) is 2.35. The first-order valence-corrected chi connectivity index (χ1v) is 6.47. The van der Waals surface area contributed by atoms with Gasteiger partial charge in [0.05, 0.1) is 10.0 Å². The zero-order chi connectivity index (χ0) is 14.0. The van der Waals surface area contributed by atoms with Crippen molar-refractivity contribution in [3.8, 4) is 0 Å². The summed E-state index contributed by atoms with van der Waals surface area (Å²) in [5.74, 6) is -1.25. The zero-order valence-corrected chi connectivity index (χ0v) is 11.3. The molecule has 7 heteroatoms. The minimum atomic E-state index is -0.729. The van der Waals surface area contributed by atoms with Crippen molar-refractivity contribution in [2.24, 2.45) is 0 Å². The highest BCUT2D eigenvalue weighted by Crippen LogP contribution is 2.27. The molecule has 1 aliphatic heterocycles. The smallest absolute Gasteiger partial charge is 0.246 e. The average molecular weight is 305 g/mol. The van der Waals surface area contributed by atoms with Crippen LogP contribution in [-0.2, 0) is 9.59 Å². The van der Waals surface area contributed by atoms with Gasteiger partial charge in [-0.1, -0.05) is 23.2 Å². The van der Waals surface area contributed by atoms with E-state index in [0.717, 1.165) is 0 Å². The summed E-state index contributed by atoms with van der Waals surface area (Å²) in [5.41, 5.74) is 0.293. The Morgan fingerprint density at radius 2 is 2.00 bits per heavy atom. The molecule has 0 aliphatic carbocycles. The lowest BCUT2D eigenvalue weighted by Gasteiger charge is -2.22. The number of carbonyl (C=O) groups excluding carboxylic acids is 2. The molecule has 0 bridgehead atoms. The van der Waals surface area contributed by atoms with Crippen LogP contribution in [0.1, 0.15) is 19.3 Å². The van der Waals surface area contributed by atoms with Crippen LogP contribution in [0.4, 0.5) is 10.1 Å². The van der Waals surface area contributed by atoms with E-state index in [1.54, 1.807) is 0 Å². The van der Waals surface area contributed by atoms with Crippen LogP contribution in [0.3, 0.4) is 0 Å². The Morgan fingerprint density at radius 3 is 2.58 bits per heavy atom. The molecule has 0 spiro atoms. The van der Waals surface area contributed by atoms with Gasteiger partial charge in [-0.2, -0.15) is 0 Å². The second-order valence-corrected chi connectivity index (χ2v) is 5.07. The van der Waals surface area contributed by atoms with Crippen molar-refractivity contribution >= 4 is 40.7 Å². The van der Waals surface area contributed by atoms with Crippen LogP contribution in [0.15, 0.2) is 12.1 Å². The van der Waals surface area contributed by atoms with Gasteiger partial charge in [0.15, 0.2) is 5.82 Å². The van der Waals surface area contributed by atoms with E-state index in [1.165, 1.54) is 12.1 Å². The lowest BCUT2D eigenvalue weighted by molar-refractivity contribution is -0.128.